The molecule has 0 aromatic carbocycles. The van der Waals surface area contributed by atoms with Gasteiger partial charge in [-0.1, -0.05) is 34.1 Å². The molecule has 0 aromatic rings. The average Bonchev–Trinajstić information content (AvgIpc) is 2.43. The van der Waals surface area contributed by atoms with E-state index in [1.807, 2.05) is 13.8 Å². The lowest BCUT2D eigenvalue weighted by molar-refractivity contribution is -0.139. The number of amides is 1. The topological polar surface area (TPSA) is 37.4 Å². The monoisotopic (exact) mass is 253 g/mol. The fraction of sp³-hybridized carbons (Fsp3) is 0.867. The van der Waals surface area contributed by atoms with Crippen LogP contribution in [0.25, 0.3) is 0 Å². The molecule has 1 aliphatic heterocycles. The smallest absolute Gasteiger partial charge is 0.226 e. The maximum atomic E-state index is 12.4. The van der Waals surface area contributed by atoms with Crippen LogP contribution in [0, 0.1) is 17.8 Å². The van der Waals surface area contributed by atoms with Gasteiger partial charge in [-0.25, -0.2) is 0 Å². The molecule has 0 unspecified atom stereocenters. The molecular formula is C15H27NO2. The van der Waals surface area contributed by atoms with E-state index in [4.69, 9.17) is 0 Å². The van der Waals surface area contributed by atoms with Gasteiger partial charge in [0.25, 0.3) is 0 Å². The van der Waals surface area contributed by atoms with Crippen molar-refractivity contribution in [3.05, 3.63) is 0 Å². The van der Waals surface area contributed by atoms with Crippen LogP contribution in [-0.4, -0.2) is 29.7 Å². The van der Waals surface area contributed by atoms with E-state index in [0.29, 0.717) is 12.5 Å². The first kappa shape index (κ1) is 15.2. The Morgan fingerprint density at radius 3 is 2.50 bits per heavy atom. The van der Waals surface area contributed by atoms with Gasteiger partial charge in [-0.05, 0) is 25.2 Å². The van der Waals surface area contributed by atoms with Crippen molar-refractivity contribution in [3.8, 4) is 0 Å². The first-order chi connectivity index (χ1) is 8.41. The second-order valence-electron chi connectivity index (χ2n) is 6.20. The van der Waals surface area contributed by atoms with E-state index in [-0.39, 0.29) is 23.5 Å². The molecule has 0 aliphatic carbocycles. The molecule has 0 bridgehead atoms. The summed E-state index contributed by atoms with van der Waals surface area (Å²) >= 11 is 0. The molecule has 1 aliphatic rings. The molecule has 0 saturated carbocycles. The molecule has 0 spiro atoms. The highest BCUT2D eigenvalue weighted by atomic mass is 16.2. The van der Waals surface area contributed by atoms with Gasteiger partial charge in [0.05, 0.1) is 6.54 Å². The van der Waals surface area contributed by atoms with Gasteiger partial charge in [0, 0.05) is 18.4 Å². The Bertz CT molecular complexity index is 297. The Balaban J connectivity index is 2.66. The zero-order chi connectivity index (χ0) is 13.7. The Morgan fingerprint density at radius 2 is 1.94 bits per heavy atom. The molecule has 1 atom stereocenters. The van der Waals surface area contributed by atoms with Crippen LogP contribution >= 0.6 is 0 Å². The van der Waals surface area contributed by atoms with Crippen LogP contribution in [0.3, 0.4) is 0 Å². The third-order valence-corrected chi connectivity index (χ3v) is 3.64. The normalized spacial score (nSPS) is 21.6. The van der Waals surface area contributed by atoms with Gasteiger partial charge in [0.2, 0.25) is 5.91 Å². The second-order valence-corrected chi connectivity index (χ2v) is 6.20. The Morgan fingerprint density at radius 1 is 1.28 bits per heavy atom. The third kappa shape index (κ3) is 4.43. The van der Waals surface area contributed by atoms with E-state index in [9.17, 15) is 9.59 Å². The largest absolute Gasteiger partial charge is 0.335 e. The van der Waals surface area contributed by atoms with Crippen LogP contribution < -0.4 is 0 Å². The summed E-state index contributed by atoms with van der Waals surface area (Å²) in [6, 6.07) is 0. The number of hydrogen-bond acceptors (Lipinski definition) is 2. The summed E-state index contributed by atoms with van der Waals surface area (Å²) in [6.45, 7) is 9.17. The van der Waals surface area contributed by atoms with Crippen LogP contribution in [0.4, 0.5) is 0 Å². The fourth-order valence-corrected chi connectivity index (χ4v) is 2.50. The highest BCUT2D eigenvalue weighted by molar-refractivity contribution is 5.88. The standard InChI is InChI=1S/C15H27NO2/c1-11(2)9-13-7-5-6-8-16(15(13)18)10-14(17)12(3)4/h11-13H,5-10H2,1-4H3/t13-/m1/s1. The van der Waals surface area contributed by atoms with E-state index in [1.165, 1.54) is 0 Å². The molecule has 1 fully saturated rings. The van der Waals surface area contributed by atoms with Crippen molar-refractivity contribution < 1.29 is 9.59 Å². The van der Waals surface area contributed by atoms with E-state index in [2.05, 4.69) is 13.8 Å². The molecule has 1 amide bonds. The van der Waals surface area contributed by atoms with Crippen molar-refractivity contribution in [2.75, 3.05) is 13.1 Å². The first-order valence-corrected chi connectivity index (χ1v) is 7.23. The van der Waals surface area contributed by atoms with E-state index in [0.717, 1.165) is 32.2 Å². The van der Waals surface area contributed by atoms with E-state index in [1.54, 1.807) is 4.90 Å². The summed E-state index contributed by atoms with van der Waals surface area (Å²) in [4.78, 5) is 26.0. The predicted octanol–water partition coefficient (Wildman–Crippen LogP) is 2.89. The summed E-state index contributed by atoms with van der Waals surface area (Å²) < 4.78 is 0. The maximum Gasteiger partial charge on any atom is 0.226 e. The molecule has 3 nitrogen and oxygen atoms in total. The fourth-order valence-electron chi connectivity index (χ4n) is 2.50. The van der Waals surface area contributed by atoms with Crippen molar-refractivity contribution in [1.29, 1.82) is 0 Å². The predicted molar refractivity (Wildman–Crippen MR) is 73.2 cm³/mol. The van der Waals surface area contributed by atoms with Crippen molar-refractivity contribution >= 4 is 11.7 Å². The molecular weight excluding hydrogens is 226 g/mol. The SMILES string of the molecule is CC(C)C[C@H]1CCCCN(CC(=O)C(C)C)C1=O. The van der Waals surface area contributed by atoms with Crippen molar-refractivity contribution in [2.24, 2.45) is 17.8 Å². The van der Waals surface area contributed by atoms with Crippen LogP contribution in [-0.2, 0) is 9.59 Å². The molecule has 1 saturated heterocycles. The van der Waals surface area contributed by atoms with Crippen LogP contribution in [0.15, 0.2) is 0 Å². The number of nitrogens with zero attached hydrogens (tertiary/aromatic N) is 1. The molecule has 18 heavy (non-hydrogen) atoms. The van der Waals surface area contributed by atoms with Crippen LogP contribution in [0.5, 0.6) is 0 Å². The number of carbonyl (C=O) groups is 2. The van der Waals surface area contributed by atoms with Crippen molar-refractivity contribution in [2.45, 2.75) is 53.4 Å². The Hall–Kier alpha value is -0.860. The minimum absolute atomic E-state index is 0.0181. The van der Waals surface area contributed by atoms with Gasteiger partial charge >= 0.3 is 0 Å². The molecule has 0 radical (unpaired) electrons. The average molecular weight is 253 g/mol. The molecule has 0 aromatic heterocycles. The van der Waals surface area contributed by atoms with Gasteiger partial charge in [0.15, 0.2) is 5.78 Å². The van der Waals surface area contributed by atoms with E-state index >= 15 is 0 Å². The number of rotatable bonds is 5. The van der Waals surface area contributed by atoms with Gasteiger partial charge in [-0.3, -0.25) is 9.59 Å². The van der Waals surface area contributed by atoms with Crippen LogP contribution in [0.2, 0.25) is 0 Å². The number of likely N-dealkylation sites (tertiary alicyclic amines) is 1. The molecule has 3 heteroatoms. The van der Waals surface area contributed by atoms with Crippen molar-refractivity contribution in [3.63, 3.8) is 0 Å². The minimum Gasteiger partial charge on any atom is -0.335 e. The lowest BCUT2D eigenvalue weighted by atomic mass is 9.92. The third-order valence-electron chi connectivity index (χ3n) is 3.64. The van der Waals surface area contributed by atoms with Gasteiger partial charge < -0.3 is 4.90 Å². The lowest BCUT2D eigenvalue weighted by Crippen LogP contribution is -2.40. The molecule has 104 valence electrons. The number of carbonyl (C=O) groups excluding carboxylic acids is 2. The summed E-state index contributed by atoms with van der Waals surface area (Å²) in [5, 5.41) is 0. The minimum atomic E-state index is 0.0181. The maximum absolute atomic E-state index is 12.4. The van der Waals surface area contributed by atoms with Gasteiger partial charge in [-0.15, -0.1) is 0 Å². The Kier molecular flexibility index (Phi) is 5.83. The summed E-state index contributed by atoms with van der Waals surface area (Å²) in [7, 11) is 0. The Labute approximate surface area is 111 Å². The number of hydrogen-bond donors (Lipinski definition) is 0. The molecule has 0 N–H and O–H groups in total. The quantitative estimate of drug-likeness (QED) is 0.755. The number of ketones is 1. The van der Waals surface area contributed by atoms with E-state index < -0.39 is 0 Å². The highest BCUT2D eigenvalue weighted by Crippen LogP contribution is 2.24. The van der Waals surface area contributed by atoms with Crippen molar-refractivity contribution in [1.82, 2.24) is 4.90 Å². The molecule has 1 heterocycles. The summed E-state index contributed by atoms with van der Waals surface area (Å²) in [5.74, 6) is 1.07. The first-order valence-electron chi connectivity index (χ1n) is 7.23. The summed E-state index contributed by atoms with van der Waals surface area (Å²) in [5.41, 5.74) is 0. The lowest BCUT2D eigenvalue weighted by Gasteiger charge is -2.25. The zero-order valence-corrected chi connectivity index (χ0v) is 12.2. The summed E-state index contributed by atoms with van der Waals surface area (Å²) in [6.07, 6.45) is 4.08. The van der Waals surface area contributed by atoms with Gasteiger partial charge in [-0.2, -0.15) is 0 Å². The highest BCUT2D eigenvalue weighted by Gasteiger charge is 2.28. The van der Waals surface area contributed by atoms with Gasteiger partial charge in [0.1, 0.15) is 0 Å². The van der Waals surface area contributed by atoms with Crippen LogP contribution in [0.1, 0.15) is 53.4 Å². The number of Topliss-reactive ketones (excluding diaryl/α,β-unsaturated/α-hetero) is 1. The molecule has 1 rings (SSSR count). The zero-order valence-electron chi connectivity index (χ0n) is 12.2. The second kappa shape index (κ2) is 6.91.